The minimum absolute atomic E-state index is 0.150. The van der Waals surface area contributed by atoms with Crippen LogP contribution in [0.5, 0.6) is 0 Å². The largest absolute Gasteiger partial charge is 0.312 e. The molecule has 0 fully saturated rings. The van der Waals surface area contributed by atoms with Gasteiger partial charge in [0.05, 0.1) is 6.33 Å². The van der Waals surface area contributed by atoms with Gasteiger partial charge in [0.1, 0.15) is 14.9 Å². The zero-order valence-electron chi connectivity index (χ0n) is 6.69. The molecule has 6 nitrogen and oxygen atoms in total. The molecule has 8 heteroatoms. The molecule has 0 aliphatic carbocycles. The van der Waals surface area contributed by atoms with E-state index in [-0.39, 0.29) is 5.56 Å². The molecule has 2 N–H and O–H groups in total. The summed E-state index contributed by atoms with van der Waals surface area (Å²) in [4.78, 5) is 21.6. The van der Waals surface area contributed by atoms with Crippen molar-refractivity contribution in [2.45, 2.75) is 10.2 Å². The van der Waals surface area contributed by atoms with Crippen molar-refractivity contribution in [3.8, 4) is 0 Å². The number of hydrogen-bond donors (Lipinski definition) is 2. The van der Waals surface area contributed by atoms with Crippen molar-refractivity contribution >= 4 is 34.4 Å². The molecule has 2 aromatic heterocycles. The Morgan fingerprint density at radius 1 is 1.43 bits per heavy atom. The maximum absolute atomic E-state index is 11.2. The van der Waals surface area contributed by atoms with Crippen LogP contribution in [0, 0.1) is 3.57 Å². The first-order chi connectivity index (χ1) is 6.77. The second-order valence-electron chi connectivity index (χ2n) is 2.24. The third-order valence-corrected chi connectivity index (χ3v) is 3.61. The minimum Gasteiger partial charge on any atom is -0.312 e. The van der Waals surface area contributed by atoms with E-state index in [1.807, 2.05) is 22.6 Å². The molecule has 0 saturated carbocycles. The third-order valence-electron chi connectivity index (χ3n) is 1.35. The van der Waals surface area contributed by atoms with Gasteiger partial charge in [-0.25, -0.2) is 9.97 Å². The fourth-order valence-electron chi connectivity index (χ4n) is 0.773. The van der Waals surface area contributed by atoms with Gasteiger partial charge in [0, 0.05) is 0 Å². The van der Waals surface area contributed by atoms with Crippen LogP contribution in [0.1, 0.15) is 0 Å². The number of aromatic amines is 2. The van der Waals surface area contributed by atoms with Gasteiger partial charge in [-0.15, -0.1) is 0 Å². The number of hydrogen-bond acceptors (Lipinski definition) is 5. The highest BCUT2D eigenvalue weighted by Gasteiger charge is 2.08. The van der Waals surface area contributed by atoms with E-state index in [1.165, 1.54) is 24.4 Å². The fraction of sp³-hybridized carbons (Fsp3) is 0. The van der Waals surface area contributed by atoms with Gasteiger partial charge in [0.15, 0.2) is 5.16 Å². The molecule has 0 amide bonds. The van der Waals surface area contributed by atoms with E-state index in [2.05, 4.69) is 25.1 Å². The Balaban J connectivity index is 2.34. The van der Waals surface area contributed by atoms with Gasteiger partial charge in [0.25, 0.3) is 5.56 Å². The third kappa shape index (κ3) is 1.95. The fourth-order valence-corrected chi connectivity index (χ4v) is 2.07. The molecule has 0 unspecified atom stereocenters. The quantitative estimate of drug-likeness (QED) is 0.626. The maximum Gasteiger partial charge on any atom is 0.265 e. The molecule has 2 aromatic rings. The summed E-state index contributed by atoms with van der Waals surface area (Å²) in [6.45, 7) is 0. The Bertz CT molecular complexity index is 481. The van der Waals surface area contributed by atoms with Gasteiger partial charge in [-0.2, -0.15) is 5.10 Å². The summed E-state index contributed by atoms with van der Waals surface area (Å²) in [5, 5.41) is 7.60. The Hall–Kier alpha value is -0.900. The monoisotopic (exact) mass is 321 g/mol. The van der Waals surface area contributed by atoms with Gasteiger partial charge < -0.3 is 4.98 Å². The number of rotatable bonds is 2. The highest BCUT2D eigenvalue weighted by molar-refractivity contribution is 14.1. The van der Waals surface area contributed by atoms with Crippen LogP contribution in [0.3, 0.4) is 0 Å². The van der Waals surface area contributed by atoms with E-state index >= 15 is 0 Å². The molecule has 0 spiro atoms. The first-order valence-electron chi connectivity index (χ1n) is 3.54. The lowest BCUT2D eigenvalue weighted by molar-refractivity contribution is 0.949. The van der Waals surface area contributed by atoms with Crippen molar-refractivity contribution < 1.29 is 0 Å². The second-order valence-corrected chi connectivity index (χ2v) is 4.30. The van der Waals surface area contributed by atoms with Crippen LogP contribution < -0.4 is 5.56 Å². The summed E-state index contributed by atoms with van der Waals surface area (Å²) in [6.07, 6.45) is 2.77. The van der Waals surface area contributed by atoms with Crippen LogP contribution in [-0.2, 0) is 0 Å². The summed E-state index contributed by atoms with van der Waals surface area (Å²) in [5.41, 5.74) is -0.150. The number of halogens is 1. The molecular weight excluding hydrogens is 317 g/mol. The van der Waals surface area contributed by atoms with Crippen molar-refractivity contribution in [1.82, 2.24) is 25.1 Å². The topological polar surface area (TPSA) is 87.3 Å². The molecule has 0 saturated heterocycles. The van der Waals surface area contributed by atoms with Crippen LogP contribution in [0.15, 0.2) is 27.6 Å². The molecule has 0 bridgehead atoms. The number of H-pyrrole nitrogens is 2. The summed E-state index contributed by atoms with van der Waals surface area (Å²) in [6, 6.07) is 0. The van der Waals surface area contributed by atoms with E-state index in [4.69, 9.17) is 0 Å². The van der Waals surface area contributed by atoms with E-state index in [0.29, 0.717) is 13.8 Å². The van der Waals surface area contributed by atoms with Crippen LogP contribution in [0.4, 0.5) is 0 Å². The smallest absolute Gasteiger partial charge is 0.265 e. The predicted octanol–water partition coefficient (Wildman–Crippen LogP) is 0.644. The average molecular weight is 321 g/mol. The Morgan fingerprint density at radius 2 is 2.29 bits per heavy atom. The zero-order chi connectivity index (χ0) is 9.97. The van der Waals surface area contributed by atoms with Crippen LogP contribution in [-0.4, -0.2) is 25.1 Å². The first-order valence-corrected chi connectivity index (χ1v) is 5.43. The predicted molar refractivity (Wildman–Crippen MR) is 58.1 cm³/mol. The molecule has 14 heavy (non-hydrogen) atoms. The van der Waals surface area contributed by atoms with E-state index in [1.54, 1.807) is 0 Å². The normalized spacial score (nSPS) is 10.4. The lowest BCUT2D eigenvalue weighted by Gasteiger charge is -1.97. The maximum atomic E-state index is 11.2. The SMILES string of the molecule is O=c1[nH]cnc(Sc2ncn[nH]2)c1I. The van der Waals surface area contributed by atoms with Gasteiger partial charge in [-0.05, 0) is 34.4 Å². The standard InChI is InChI=1S/C6H4IN5OS/c7-3-4(13)8-1-9-5(3)14-6-10-2-11-12-6/h1-2H,(H,8,9,13)(H,10,11,12). The number of aromatic nitrogens is 5. The van der Waals surface area contributed by atoms with E-state index < -0.39 is 0 Å². The number of nitrogens with one attached hydrogen (secondary N) is 2. The summed E-state index contributed by atoms with van der Waals surface area (Å²) >= 11 is 3.21. The van der Waals surface area contributed by atoms with E-state index in [0.717, 1.165) is 0 Å². The lowest BCUT2D eigenvalue weighted by atomic mass is 10.7. The van der Waals surface area contributed by atoms with Crippen LogP contribution in [0.25, 0.3) is 0 Å². The molecule has 0 aliphatic rings. The lowest BCUT2D eigenvalue weighted by Crippen LogP contribution is -2.11. The highest BCUT2D eigenvalue weighted by atomic mass is 127. The Labute approximate surface area is 96.1 Å². The second kappa shape index (κ2) is 4.09. The van der Waals surface area contributed by atoms with Crippen molar-refractivity contribution in [2.24, 2.45) is 0 Å². The summed E-state index contributed by atoms with van der Waals surface area (Å²) < 4.78 is 0.548. The van der Waals surface area contributed by atoms with Gasteiger partial charge in [-0.1, -0.05) is 0 Å². The molecule has 0 radical (unpaired) electrons. The van der Waals surface area contributed by atoms with Gasteiger partial charge in [0.2, 0.25) is 0 Å². The van der Waals surface area contributed by atoms with Crippen molar-refractivity contribution in [2.75, 3.05) is 0 Å². The van der Waals surface area contributed by atoms with Crippen molar-refractivity contribution in [3.05, 3.63) is 26.6 Å². The molecule has 0 aliphatic heterocycles. The highest BCUT2D eigenvalue weighted by Crippen LogP contribution is 2.23. The minimum atomic E-state index is -0.150. The molecule has 72 valence electrons. The molecule has 2 rings (SSSR count). The summed E-state index contributed by atoms with van der Waals surface area (Å²) in [7, 11) is 0. The van der Waals surface area contributed by atoms with Gasteiger partial charge in [-0.3, -0.25) is 9.89 Å². The van der Waals surface area contributed by atoms with E-state index in [9.17, 15) is 4.79 Å². The average Bonchev–Trinajstić information content (AvgIpc) is 2.66. The van der Waals surface area contributed by atoms with Gasteiger partial charge >= 0.3 is 0 Å². The van der Waals surface area contributed by atoms with Crippen LogP contribution in [0.2, 0.25) is 0 Å². The zero-order valence-corrected chi connectivity index (χ0v) is 9.66. The van der Waals surface area contributed by atoms with Crippen molar-refractivity contribution in [1.29, 1.82) is 0 Å². The molecular formula is C6H4IN5OS. The first kappa shape index (κ1) is 9.65. The molecule has 0 atom stereocenters. The molecule has 2 heterocycles. The van der Waals surface area contributed by atoms with Crippen LogP contribution >= 0.6 is 34.4 Å². The summed E-state index contributed by atoms with van der Waals surface area (Å²) in [5.74, 6) is 0. The van der Waals surface area contributed by atoms with Crippen molar-refractivity contribution in [3.63, 3.8) is 0 Å². The molecule has 0 aromatic carbocycles. The Kier molecular flexibility index (Phi) is 2.82. The Morgan fingerprint density at radius 3 is 3.00 bits per heavy atom. The number of nitrogens with zero attached hydrogens (tertiary/aromatic N) is 3.